The van der Waals surface area contributed by atoms with Gasteiger partial charge >= 0.3 is 5.97 Å². The number of alkyl halides is 1. The molecule has 0 amide bonds. The van der Waals surface area contributed by atoms with Gasteiger partial charge < -0.3 is 4.74 Å². The van der Waals surface area contributed by atoms with E-state index in [1.807, 2.05) is 18.2 Å². The Hall–Kier alpha value is -1.34. The minimum absolute atomic E-state index is 0.275. The topological polar surface area (TPSA) is 50.1 Å². The lowest BCUT2D eigenvalue weighted by Gasteiger charge is -2.23. The third-order valence-corrected chi connectivity index (χ3v) is 2.95. The maximum absolute atomic E-state index is 12.0. The Morgan fingerprint density at radius 2 is 2.12 bits per heavy atom. The van der Waals surface area contributed by atoms with Crippen LogP contribution in [-0.2, 0) is 14.9 Å². The molecule has 0 saturated heterocycles. The van der Waals surface area contributed by atoms with Gasteiger partial charge in [-0.05, 0) is 18.9 Å². The van der Waals surface area contributed by atoms with Crippen molar-refractivity contribution in [2.24, 2.45) is 0 Å². The Labute approximate surface area is 110 Å². The second-order valence-electron chi connectivity index (χ2n) is 3.54. The summed E-state index contributed by atoms with van der Waals surface area (Å²) in [5.41, 5.74) is -0.527. The molecule has 3 nitrogen and oxygen atoms in total. The molecule has 1 atom stereocenters. The van der Waals surface area contributed by atoms with Crippen LogP contribution in [0.3, 0.4) is 0 Å². The van der Waals surface area contributed by atoms with E-state index >= 15 is 0 Å². The number of carbonyl (C=O) groups excluding carboxylic acids is 1. The van der Waals surface area contributed by atoms with Gasteiger partial charge in [0.15, 0.2) is 5.41 Å². The molecule has 1 unspecified atom stereocenters. The van der Waals surface area contributed by atoms with Crippen LogP contribution in [0.2, 0.25) is 0 Å². The quantitative estimate of drug-likeness (QED) is 0.620. The highest BCUT2D eigenvalue weighted by molar-refractivity contribution is 9.09. The SMILES string of the molecule is CCOC(=O)C(C#N)(CCBr)c1ccccc1. The highest BCUT2D eigenvalue weighted by Crippen LogP contribution is 2.29. The second kappa shape index (κ2) is 6.41. The molecule has 0 aliphatic heterocycles. The van der Waals surface area contributed by atoms with Crippen LogP contribution in [0.15, 0.2) is 30.3 Å². The molecule has 0 saturated carbocycles. The normalized spacial score (nSPS) is 13.5. The molecule has 1 aromatic carbocycles. The third kappa shape index (κ3) is 2.86. The number of hydrogen-bond donors (Lipinski definition) is 0. The van der Waals surface area contributed by atoms with Gasteiger partial charge in [-0.3, -0.25) is 0 Å². The van der Waals surface area contributed by atoms with E-state index in [0.29, 0.717) is 17.3 Å². The first-order valence-electron chi connectivity index (χ1n) is 5.41. The van der Waals surface area contributed by atoms with E-state index in [4.69, 9.17) is 4.74 Å². The van der Waals surface area contributed by atoms with Crippen molar-refractivity contribution < 1.29 is 9.53 Å². The number of nitrogens with zero attached hydrogens (tertiary/aromatic N) is 1. The van der Waals surface area contributed by atoms with E-state index in [1.165, 1.54) is 0 Å². The Kier molecular flexibility index (Phi) is 5.17. The van der Waals surface area contributed by atoms with Gasteiger partial charge in [0.05, 0.1) is 12.7 Å². The molecular weight excluding hydrogens is 282 g/mol. The summed E-state index contributed by atoms with van der Waals surface area (Å²) < 4.78 is 5.02. The van der Waals surface area contributed by atoms with Gasteiger partial charge in [-0.15, -0.1) is 0 Å². The number of rotatable bonds is 5. The summed E-state index contributed by atoms with van der Waals surface area (Å²) in [7, 11) is 0. The maximum atomic E-state index is 12.0. The number of ether oxygens (including phenoxy) is 1. The summed E-state index contributed by atoms with van der Waals surface area (Å²) in [5.74, 6) is -0.479. The van der Waals surface area contributed by atoms with Crippen molar-refractivity contribution in [1.29, 1.82) is 5.26 Å². The smallest absolute Gasteiger partial charge is 0.331 e. The number of benzene rings is 1. The number of nitriles is 1. The summed E-state index contributed by atoms with van der Waals surface area (Å²) in [5, 5.41) is 9.95. The van der Waals surface area contributed by atoms with Crippen LogP contribution in [0.25, 0.3) is 0 Å². The Bertz CT molecular complexity index is 413. The summed E-state index contributed by atoms with van der Waals surface area (Å²) in [6.45, 7) is 2.01. The monoisotopic (exact) mass is 295 g/mol. The van der Waals surface area contributed by atoms with E-state index in [9.17, 15) is 10.1 Å². The number of hydrogen-bond acceptors (Lipinski definition) is 3. The molecular formula is C13H14BrNO2. The van der Waals surface area contributed by atoms with Gasteiger partial charge in [0.25, 0.3) is 0 Å². The van der Waals surface area contributed by atoms with E-state index < -0.39 is 11.4 Å². The molecule has 0 fully saturated rings. The van der Waals surface area contributed by atoms with Crippen molar-refractivity contribution >= 4 is 21.9 Å². The maximum Gasteiger partial charge on any atom is 0.331 e. The van der Waals surface area contributed by atoms with Gasteiger partial charge in [-0.1, -0.05) is 46.3 Å². The van der Waals surface area contributed by atoms with Crippen LogP contribution in [0.5, 0.6) is 0 Å². The molecule has 0 aliphatic rings. The number of esters is 1. The van der Waals surface area contributed by atoms with Gasteiger partial charge in [-0.25, -0.2) is 4.79 Å². The largest absolute Gasteiger partial charge is 0.465 e. The standard InChI is InChI=1S/C13H14BrNO2/c1-2-17-12(16)13(10-15,8-9-14)11-6-4-3-5-7-11/h3-7H,2,8-9H2,1H3. The summed E-state index contributed by atoms with van der Waals surface area (Å²) >= 11 is 3.28. The molecule has 0 aromatic heterocycles. The number of halogens is 1. The molecule has 0 N–H and O–H groups in total. The first-order valence-corrected chi connectivity index (χ1v) is 6.53. The van der Waals surface area contributed by atoms with Gasteiger partial charge in [0.1, 0.15) is 0 Å². The fraction of sp³-hybridized carbons (Fsp3) is 0.385. The molecule has 0 aliphatic carbocycles. The zero-order chi connectivity index (χ0) is 12.7. The van der Waals surface area contributed by atoms with Gasteiger partial charge in [-0.2, -0.15) is 5.26 Å². The fourth-order valence-corrected chi connectivity index (χ4v) is 2.24. The van der Waals surface area contributed by atoms with Crippen molar-refractivity contribution in [1.82, 2.24) is 0 Å². The second-order valence-corrected chi connectivity index (χ2v) is 4.34. The lowest BCUT2D eigenvalue weighted by atomic mass is 9.79. The third-order valence-electron chi connectivity index (χ3n) is 2.55. The average molecular weight is 296 g/mol. The fourth-order valence-electron chi connectivity index (χ4n) is 1.65. The molecule has 1 aromatic rings. The van der Waals surface area contributed by atoms with E-state index in [0.717, 1.165) is 0 Å². The van der Waals surface area contributed by atoms with Crippen LogP contribution in [-0.4, -0.2) is 17.9 Å². The van der Waals surface area contributed by atoms with E-state index in [2.05, 4.69) is 22.0 Å². The minimum atomic E-state index is -1.21. The molecule has 0 radical (unpaired) electrons. The first-order chi connectivity index (χ1) is 8.21. The summed E-state index contributed by atoms with van der Waals surface area (Å²) in [6.07, 6.45) is 0.395. The molecule has 90 valence electrons. The van der Waals surface area contributed by atoms with Crippen LogP contribution in [0, 0.1) is 11.3 Å². The number of carbonyl (C=O) groups is 1. The van der Waals surface area contributed by atoms with Crippen molar-refractivity contribution in [2.75, 3.05) is 11.9 Å². The predicted molar refractivity (Wildman–Crippen MR) is 68.8 cm³/mol. The van der Waals surface area contributed by atoms with Crippen molar-refractivity contribution in [3.8, 4) is 6.07 Å². The molecule has 4 heteroatoms. The zero-order valence-corrected chi connectivity index (χ0v) is 11.2. The zero-order valence-electron chi connectivity index (χ0n) is 9.65. The van der Waals surface area contributed by atoms with Crippen LogP contribution in [0.1, 0.15) is 18.9 Å². The lowest BCUT2D eigenvalue weighted by molar-refractivity contribution is -0.147. The van der Waals surface area contributed by atoms with Crippen LogP contribution < -0.4 is 0 Å². The summed E-state index contributed by atoms with van der Waals surface area (Å²) in [6, 6.07) is 11.2. The molecule has 17 heavy (non-hydrogen) atoms. The Morgan fingerprint density at radius 1 is 1.47 bits per heavy atom. The van der Waals surface area contributed by atoms with Gasteiger partial charge in [0.2, 0.25) is 0 Å². The van der Waals surface area contributed by atoms with E-state index in [1.54, 1.807) is 19.1 Å². The molecule has 0 spiro atoms. The van der Waals surface area contributed by atoms with Crippen molar-refractivity contribution in [3.63, 3.8) is 0 Å². The van der Waals surface area contributed by atoms with Crippen LogP contribution >= 0.6 is 15.9 Å². The Balaban J connectivity index is 3.19. The highest BCUT2D eigenvalue weighted by Gasteiger charge is 2.41. The molecule has 1 rings (SSSR count). The lowest BCUT2D eigenvalue weighted by Crippen LogP contribution is -2.36. The predicted octanol–water partition coefficient (Wildman–Crippen LogP) is 2.80. The van der Waals surface area contributed by atoms with Crippen molar-refractivity contribution in [2.45, 2.75) is 18.8 Å². The molecule has 0 heterocycles. The Morgan fingerprint density at radius 3 is 2.59 bits per heavy atom. The van der Waals surface area contributed by atoms with Crippen LogP contribution in [0.4, 0.5) is 0 Å². The van der Waals surface area contributed by atoms with E-state index in [-0.39, 0.29) is 6.61 Å². The highest BCUT2D eigenvalue weighted by atomic mass is 79.9. The molecule has 0 bridgehead atoms. The minimum Gasteiger partial charge on any atom is -0.465 e. The average Bonchev–Trinajstić information content (AvgIpc) is 2.37. The van der Waals surface area contributed by atoms with Crippen molar-refractivity contribution in [3.05, 3.63) is 35.9 Å². The van der Waals surface area contributed by atoms with Gasteiger partial charge in [0, 0.05) is 5.33 Å². The summed E-state index contributed by atoms with van der Waals surface area (Å²) in [4.78, 5) is 12.0. The first kappa shape index (κ1) is 13.7.